The summed E-state index contributed by atoms with van der Waals surface area (Å²) < 4.78 is 10.7. The Kier molecular flexibility index (Phi) is 8.72. The van der Waals surface area contributed by atoms with Crippen LogP contribution in [-0.4, -0.2) is 18.7 Å². The van der Waals surface area contributed by atoms with E-state index in [1.807, 2.05) is 44.2 Å². The first-order valence-electron chi connectivity index (χ1n) is 7.49. The molecule has 0 atom stereocenters. The lowest BCUT2D eigenvalue weighted by Crippen LogP contribution is -2.05. The third-order valence-corrected chi connectivity index (χ3v) is 2.97. The number of esters is 1. The number of carbonyl (C=O) groups excluding carboxylic acids is 1. The number of benzene rings is 1. The lowest BCUT2D eigenvalue weighted by Gasteiger charge is -2.07. The molecule has 0 radical (unpaired) electrons. The molecule has 0 aliphatic rings. The Morgan fingerprint density at radius 3 is 2.45 bits per heavy atom. The van der Waals surface area contributed by atoms with Gasteiger partial charge in [-0.15, -0.1) is 0 Å². The van der Waals surface area contributed by atoms with Crippen molar-refractivity contribution in [2.24, 2.45) is 0 Å². The molecule has 112 valence electrons. The monoisotopic (exact) mass is 278 g/mol. The first kappa shape index (κ1) is 16.7. The molecule has 0 fully saturated rings. The zero-order valence-electron chi connectivity index (χ0n) is 12.6. The van der Waals surface area contributed by atoms with E-state index >= 15 is 0 Å². The van der Waals surface area contributed by atoms with Crippen LogP contribution in [0.25, 0.3) is 0 Å². The normalized spacial score (nSPS) is 10.8. The van der Waals surface area contributed by atoms with Crippen LogP contribution in [0.1, 0.15) is 51.5 Å². The number of carbonyl (C=O) groups is 1. The highest BCUT2D eigenvalue weighted by Gasteiger charge is 2.03. The van der Waals surface area contributed by atoms with Gasteiger partial charge in [-0.05, 0) is 32.3 Å². The maximum absolute atomic E-state index is 11.5. The predicted molar refractivity (Wildman–Crippen MR) is 80.4 cm³/mol. The highest BCUT2D eigenvalue weighted by Crippen LogP contribution is 2.07. The van der Waals surface area contributed by atoms with Gasteiger partial charge in [-0.1, -0.05) is 43.2 Å². The molecule has 1 rings (SSSR count). The van der Waals surface area contributed by atoms with Crippen molar-refractivity contribution >= 4 is 5.97 Å². The lowest BCUT2D eigenvalue weighted by atomic mass is 10.1. The smallest absolute Gasteiger partial charge is 0.306 e. The number of hydrogen-bond acceptors (Lipinski definition) is 3. The third-order valence-electron chi connectivity index (χ3n) is 2.97. The van der Waals surface area contributed by atoms with Crippen LogP contribution in [0.2, 0.25) is 0 Å². The highest BCUT2D eigenvalue weighted by molar-refractivity contribution is 5.69. The Morgan fingerprint density at radius 2 is 1.75 bits per heavy atom. The average Bonchev–Trinajstić information content (AvgIpc) is 2.45. The third kappa shape index (κ3) is 8.70. The van der Waals surface area contributed by atoms with Gasteiger partial charge in [0.15, 0.2) is 0 Å². The van der Waals surface area contributed by atoms with Gasteiger partial charge in [-0.3, -0.25) is 4.79 Å². The van der Waals surface area contributed by atoms with E-state index in [0.717, 1.165) is 37.9 Å². The molecule has 3 heteroatoms. The van der Waals surface area contributed by atoms with Crippen LogP contribution in [0.3, 0.4) is 0 Å². The lowest BCUT2D eigenvalue weighted by molar-refractivity contribution is -0.145. The van der Waals surface area contributed by atoms with E-state index in [9.17, 15) is 4.79 Å². The Balaban J connectivity index is 1.95. The summed E-state index contributed by atoms with van der Waals surface area (Å²) in [6, 6.07) is 9.77. The van der Waals surface area contributed by atoms with Crippen molar-refractivity contribution in [3.05, 3.63) is 35.9 Å². The van der Waals surface area contributed by atoms with Gasteiger partial charge in [0.05, 0.1) is 6.10 Å². The number of rotatable bonds is 10. The van der Waals surface area contributed by atoms with Gasteiger partial charge in [0.1, 0.15) is 6.61 Å². The van der Waals surface area contributed by atoms with Gasteiger partial charge in [-0.2, -0.15) is 0 Å². The molecular formula is C17H26O3. The van der Waals surface area contributed by atoms with Gasteiger partial charge in [0, 0.05) is 13.0 Å². The molecule has 0 heterocycles. The highest BCUT2D eigenvalue weighted by atomic mass is 16.5. The first-order chi connectivity index (χ1) is 9.68. The van der Waals surface area contributed by atoms with Gasteiger partial charge in [0.2, 0.25) is 0 Å². The summed E-state index contributed by atoms with van der Waals surface area (Å²) in [5.74, 6) is -0.104. The number of ether oxygens (including phenoxy) is 2. The molecule has 3 nitrogen and oxygen atoms in total. The Labute approximate surface area is 122 Å². The summed E-state index contributed by atoms with van der Waals surface area (Å²) in [5, 5.41) is 0. The van der Waals surface area contributed by atoms with E-state index < -0.39 is 0 Å². The second kappa shape index (κ2) is 10.4. The van der Waals surface area contributed by atoms with Crippen LogP contribution in [0.5, 0.6) is 0 Å². The quantitative estimate of drug-likeness (QED) is 0.477. The van der Waals surface area contributed by atoms with Crippen molar-refractivity contribution in [1.29, 1.82) is 0 Å². The summed E-state index contributed by atoms with van der Waals surface area (Å²) in [5.41, 5.74) is 1.03. The average molecular weight is 278 g/mol. The fourth-order valence-electron chi connectivity index (χ4n) is 1.85. The summed E-state index contributed by atoms with van der Waals surface area (Å²) in [6.45, 7) is 5.28. The molecule has 0 aliphatic carbocycles. The van der Waals surface area contributed by atoms with E-state index in [1.165, 1.54) is 0 Å². The minimum Gasteiger partial charge on any atom is -0.461 e. The van der Waals surface area contributed by atoms with Crippen molar-refractivity contribution in [3.8, 4) is 0 Å². The van der Waals surface area contributed by atoms with Gasteiger partial charge in [0.25, 0.3) is 0 Å². The van der Waals surface area contributed by atoms with E-state index in [4.69, 9.17) is 9.47 Å². The predicted octanol–water partition coefficient (Wildman–Crippen LogP) is 4.11. The Bertz CT molecular complexity index is 360. The molecule has 1 aromatic carbocycles. The fourth-order valence-corrected chi connectivity index (χ4v) is 1.85. The molecule has 20 heavy (non-hydrogen) atoms. The Morgan fingerprint density at radius 1 is 1.05 bits per heavy atom. The first-order valence-corrected chi connectivity index (χ1v) is 7.49. The molecule has 0 aliphatic heterocycles. The van der Waals surface area contributed by atoms with Crippen LogP contribution in [-0.2, 0) is 20.9 Å². The molecule has 0 saturated carbocycles. The van der Waals surface area contributed by atoms with Crippen LogP contribution in [0, 0.1) is 0 Å². The van der Waals surface area contributed by atoms with E-state index in [2.05, 4.69) is 0 Å². The largest absolute Gasteiger partial charge is 0.461 e. The van der Waals surface area contributed by atoms with Crippen molar-refractivity contribution < 1.29 is 14.3 Å². The summed E-state index contributed by atoms with van der Waals surface area (Å²) in [7, 11) is 0. The molecule has 0 aromatic heterocycles. The fraction of sp³-hybridized carbons (Fsp3) is 0.588. The number of unbranched alkanes of at least 4 members (excludes halogenated alkanes) is 3. The molecular weight excluding hydrogens is 252 g/mol. The molecule has 0 amide bonds. The van der Waals surface area contributed by atoms with Gasteiger partial charge < -0.3 is 9.47 Å². The van der Waals surface area contributed by atoms with Crippen LogP contribution >= 0.6 is 0 Å². The van der Waals surface area contributed by atoms with E-state index in [1.54, 1.807) is 0 Å². The van der Waals surface area contributed by atoms with E-state index in [-0.39, 0.29) is 5.97 Å². The molecule has 0 saturated heterocycles. The minimum atomic E-state index is -0.104. The molecule has 0 N–H and O–H groups in total. The van der Waals surface area contributed by atoms with Gasteiger partial charge >= 0.3 is 5.97 Å². The number of hydrogen-bond donors (Lipinski definition) is 0. The van der Waals surface area contributed by atoms with Gasteiger partial charge in [-0.25, -0.2) is 0 Å². The summed E-state index contributed by atoms with van der Waals surface area (Å²) in [4.78, 5) is 11.5. The van der Waals surface area contributed by atoms with Crippen molar-refractivity contribution in [2.45, 2.75) is 58.7 Å². The maximum atomic E-state index is 11.5. The van der Waals surface area contributed by atoms with Crippen molar-refractivity contribution in [2.75, 3.05) is 6.61 Å². The van der Waals surface area contributed by atoms with Crippen LogP contribution < -0.4 is 0 Å². The molecule has 0 unspecified atom stereocenters. The van der Waals surface area contributed by atoms with Crippen LogP contribution in [0.4, 0.5) is 0 Å². The second-order valence-electron chi connectivity index (χ2n) is 5.23. The molecule has 1 aromatic rings. The minimum absolute atomic E-state index is 0.104. The molecule has 0 spiro atoms. The molecule has 0 bridgehead atoms. The summed E-state index contributed by atoms with van der Waals surface area (Å²) >= 11 is 0. The van der Waals surface area contributed by atoms with E-state index in [0.29, 0.717) is 19.1 Å². The maximum Gasteiger partial charge on any atom is 0.306 e. The SMILES string of the molecule is CC(C)OCCCCCCC(=O)OCc1ccccc1. The second-order valence-corrected chi connectivity index (χ2v) is 5.23. The topological polar surface area (TPSA) is 35.5 Å². The van der Waals surface area contributed by atoms with Crippen LogP contribution in [0.15, 0.2) is 30.3 Å². The van der Waals surface area contributed by atoms with Crippen molar-refractivity contribution in [1.82, 2.24) is 0 Å². The van der Waals surface area contributed by atoms with Crippen molar-refractivity contribution in [3.63, 3.8) is 0 Å². The zero-order valence-corrected chi connectivity index (χ0v) is 12.6. The standard InChI is InChI=1S/C17H26O3/c1-15(2)19-13-9-4-3-8-12-17(18)20-14-16-10-6-5-7-11-16/h5-7,10-11,15H,3-4,8-9,12-14H2,1-2H3. The Hall–Kier alpha value is -1.35. The summed E-state index contributed by atoms with van der Waals surface area (Å²) in [6.07, 6.45) is 4.95. The zero-order chi connectivity index (χ0) is 14.6.